The van der Waals surface area contributed by atoms with Crippen LogP contribution in [-0.2, 0) is 20.9 Å². The molecule has 5 nitrogen and oxygen atoms in total. The lowest BCUT2D eigenvalue weighted by atomic mass is 9.85. The molecule has 0 bridgehead atoms. The standard InChI is InChI=1S/C23H29NO4/c1-9-11-22(5,6)20(25)15-27-19-13-24-17(4)16(3)18(19)14-28-21(26)23(7,8)12-10-2/h1-2,13H,11-12,14-15H2,3-8H3. The lowest BCUT2D eigenvalue weighted by molar-refractivity contribution is -0.155. The zero-order chi connectivity index (χ0) is 21.5. The molecule has 0 aliphatic carbocycles. The average Bonchev–Trinajstić information content (AvgIpc) is 2.61. The van der Waals surface area contributed by atoms with Crippen molar-refractivity contribution in [3.63, 3.8) is 0 Å². The van der Waals surface area contributed by atoms with Crippen LogP contribution in [-0.4, -0.2) is 23.3 Å². The van der Waals surface area contributed by atoms with Gasteiger partial charge in [-0.15, -0.1) is 24.7 Å². The van der Waals surface area contributed by atoms with Crippen LogP contribution in [0.15, 0.2) is 6.20 Å². The average molecular weight is 383 g/mol. The number of hydrogen-bond donors (Lipinski definition) is 0. The van der Waals surface area contributed by atoms with Crippen molar-refractivity contribution in [2.75, 3.05) is 6.61 Å². The number of carbonyl (C=O) groups excluding carboxylic acids is 2. The molecule has 1 rings (SSSR count). The molecule has 5 heteroatoms. The Morgan fingerprint density at radius 1 is 1.07 bits per heavy atom. The number of hydrogen-bond acceptors (Lipinski definition) is 5. The molecule has 150 valence electrons. The Hall–Kier alpha value is -2.79. The molecule has 0 N–H and O–H groups in total. The number of rotatable bonds is 9. The number of terminal acetylenes is 2. The van der Waals surface area contributed by atoms with Gasteiger partial charge in [-0.05, 0) is 33.3 Å². The second-order valence-corrected chi connectivity index (χ2v) is 8.13. The van der Waals surface area contributed by atoms with Crippen molar-refractivity contribution in [3.05, 3.63) is 23.0 Å². The molecular weight excluding hydrogens is 354 g/mol. The molecule has 28 heavy (non-hydrogen) atoms. The highest BCUT2D eigenvalue weighted by molar-refractivity contribution is 5.85. The van der Waals surface area contributed by atoms with Crippen LogP contribution in [0.3, 0.4) is 0 Å². The van der Waals surface area contributed by atoms with E-state index < -0.39 is 16.8 Å². The van der Waals surface area contributed by atoms with E-state index in [2.05, 4.69) is 16.8 Å². The van der Waals surface area contributed by atoms with E-state index in [1.807, 2.05) is 13.8 Å². The predicted octanol–water partition coefficient (Wildman–Crippen LogP) is 3.79. The highest BCUT2D eigenvalue weighted by atomic mass is 16.5. The first kappa shape index (κ1) is 23.2. The van der Waals surface area contributed by atoms with Gasteiger partial charge in [0.25, 0.3) is 0 Å². The Morgan fingerprint density at radius 2 is 1.64 bits per heavy atom. The second-order valence-electron chi connectivity index (χ2n) is 8.13. The molecule has 0 fully saturated rings. The molecule has 1 heterocycles. The lowest BCUT2D eigenvalue weighted by Crippen LogP contribution is -2.29. The molecule has 0 spiro atoms. The summed E-state index contributed by atoms with van der Waals surface area (Å²) in [5.74, 6) is 4.91. The minimum atomic E-state index is -0.777. The van der Waals surface area contributed by atoms with Crippen LogP contribution < -0.4 is 4.74 Å². The highest BCUT2D eigenvalue weighted by Gasteiger charge is 2.30. The number of aromatic nitrogens is 1. The molecule has 0 saturated heterocycles. The Bertz CT molecular complexity index is 822. The summed E-state index contributed by atoms with van der Waals surface area (Å²) in [6.07, 6.45) is 12.8. The van der Waals surface area contributed by atoms with E-state index in [0.717, 1.165) is 11.3 Å². The van der Waals surface area contributed by atoms with E-state index >= 15 is 0 Å². The number of nitrogens with zero attached hydrogens (tertiary/aromatic N) is 1. The van der Waals surface area contributed by atoms with E-state index in [4.69, 9.17) is 22.3 Å². The fourth-order valence-electron chi connectivity index (χ4n) is 2.39. The molecule has 0 unspecified atom stereocenters. The largest absolute Gasteiger partial charge is 0.484 e. The van der Waals surface area contributed by atoms with Gasteiger partial charge in [0, 0.05) is 29.5 Å². The number of Topliss-reactive ketones (excluding diaryl/α,β-unsaturated/α-hetero) is 1. The topological polar surface area (TPSA) is 65.5 Å². The zero-order valence-corrected chi connectivity index (χ0v) is 17.6. The van der Waals surface area contributed by atoms with Crippen LogP contribution in [0.5, 0.6) is 5.75 Å². The molecule has 0 aliphatic rings. The maximum atomic E-state index is 12.4. The number of pyridine rings is 1. The van der Waals surface area contributed by atoms with E-state index in [0.29, 0.717) is 17.7 Å². The van der Waals surface area contributed by atoms with Gasteiger partial charge in [0.05, 0.1) is 11.6 Å². The molecule has 1 aromatic heterocycles. The highest BCUT2D eigenvalue weighted by Crippen LogP contribution is 2.28. The number of esters is 1. The molecule has 1 aromatic rings. The number of ketones is 1. The monoisotopic (exact) mass is 383 g/mol. The number of ether oxygens (including phenoxy) is 2. The van der Waals surface area contributed by atoms with E-state index in [9.17, 15) is 9.59 Å². The normalized spacial score (nSPS) is 11.3. The summed E-state index contributed by atoms with van der Waals surface area (Å²) in [7, 11) is 0. The quantitative estimate of drug-likeness (QED) is 0.479. The van der Waals surface area contributed by atoms with Gasteiger partial charge in [-0.25, -0.2) is 0 Å². The molecule has 0 atom stereocenters. The van der Waals surface area contributed by atoms with Gasteiger partial charge in [-0.1, -0.05) is 13.8 Å². The van der Waals surface area contributed by atoms with Gasteiger partial charge in [0.2, 0.25) is 0 Å². The third-order valence-electron chi connectivity index (χ3n) is 4.77. The fourth-order valence-corrected chi connectivity index (χ4v) is 2.39. The maximum Gasteiger partial charge on any atom is 0.312 e. The minimum absolute atomic E-state index is 0.0132. The number of carbonyl (C=O) groups is 2. The van der Waals surface area contributed by atoms with Crippen LogP contribution >= 0.6 is 0 Å². The third-order valence-corrected chi connectivity index (χ3v) is 4.77. The van der Waals surface area contributed by atoms with Gasteiger partial charge in [0.15, 0.2) is 5.78 Å². The van der Waals surface area contributed by atoms with Crippen LogP contribution in [0.25, 0.3) is 0 Å². The summed E-state index contributed by atoms with van der Waals surface area (Å²) in [5, 5.41) is 0. The Kier molecular flexibility index (Phi) is 7.82. The summed E-state index contributed by atoms with van der Waals surface area (Å²) in [6.45, 7) is 10.7. The van der Waals surface area contributed by atoms with Crippen molar-refractivity contribution >= 4 is 11.8 Å². The van der Waals surface area contributed by atoms with E-state index in [-0.39, 0.29) is 25.4 Å². The van der Waals surface area contributed by atoms with Crippen molar-refractivity contribution in [1.82, 2.24) is 4.98 Å². The first-order valence-electron chi connectivity index (χ1n) is 9.11. The van der Waals surface area contributed by atoms with E-state index in [1.54, 1.807) is 33.9 Å². The zero-order valence-electron chi connectivity index (χ0n) is 17.6. The summed E-state index contributed by atoms with van der Waals surface area (Å²) >= 11 is 0. The van der Waals surface area contributed by atoms with Crippen LogP contribution in [0.2, 0.25) is 0 Å². The van der Waals surface area contributed by atoms with Gasteiger partial charge < -0.3 is 9.47 Å². The van der Waals surface area contributed by atoms with Gasteiger partial charge in [0.1, 0.15) is 19.0 Å². The third kappa shape index (κ3) is 5.86. The summed E-state index contributed by atoms with van der Waals surface area (Å²) < 4.78 is 11.2. The van der Waals surface area contributed by atoms with Crippen molar-refractivity contribution in [2.24, 2.45) is 10.8 Å². The Balaban J connectivity index is 2.97. The molecular formula is C23H29NO4. The van der Waals surface area contributed by atoms with Crippen LogP contribution in [0.1, 0.15) is 57.4 Å². The Morgan fingerprint density at radius 3 is 2.21 bits per heavy atom. The first-order valence-corrected chi connectivity index (χ1v) is 9.11. The molecule has 0 aromatic carbocycles. The first-order chi connectivity index (χ1) is 13.0. The SMILES string of the molecule is C#CCC(C)(C)C(=O)COc1cnc(C)c(C)c1COC(=O)C(C)(C)CC#C. The summed E-state index contributed by atoms with van der Waals surface area (Å²) in [5.41, 5.74) is 0.866. The van der Waals surface area contributed by atoms with Crippen molar-refractivity contribution in [1.29, 1.82) is 0 Å². The van der Waals surface area contributed by atoms with Gasteiger partial charge in [-0.2, -0.15) is 0 Å². The van der Waals surface area contributed by atoms with Crippen LogP contribution in [0, 0.1) is 49.4 Å². The minimum Gasteiger partial charge on any atom is -0.484 e. The van der Waals surface area contributed by atoms with Gasteiger partial charge in [-0.3, -0.25) is 14.6 Å². The van der Waals surface area contributed by atoms with Crippen molar-refractivity contribution < 1.29 is 19.1 Å². The van der Waals surface area contributed by atoms with Crippen molar-refractivity contribution in [2.45, 2.75) is 61.0 Å². The summed E-state index contributed by atoms with van der Waals surface area (Å²) in [4.78, 5) is 29.1. The maximum absolute atomic E-state index is 12.4. The predicted molar refractivity (Wildman–Crippen MR) is 108 cm³/mol. The summed E-state index contributed by atoms with van der Waals surface area (Å²) in [6, 6.07) is 0. The van der Waals surface area contributed by atoms with Crippen molar-refractivity contribution in [3.8, 4) is 30.4 Å². The molecule has 0 saturated carbocycles. The Labute approximate surface area is 168 Å². The lowest BCUT2D eigenvalue weighted by Gasteiger charge is -2.22. The van der Waals surface area contributed by atoms with E-state index in [1.165, 1.54) is 0 Å². The molecule has 0 aliphatic heterocycles. The second kappa shape index (κ2) is 9.42. The molecule has 0 amide bonds. The van der Waals surface area contributed by atoms with Gasteiger partial charge >= 0.3 is 5.97 Å². The number of aryl methyl sites for hydroxylation is 1. The molecule has 0 radical (unpaired) electrons. The van der Waals surface area contributed by atoms with Crippen LogP contribution in [0.4, 0.5) is 0 Å². The smallest absolute Gasteiger partial charge is 0.312 e. The fraction of sp³-hybridized carbons (Fsp3) is 0.522.